The number of ether oxygens (including phenoxy) is 2. The van der Waals surface area contributed by atoms with Gasteiger partial charge in [0.2, 0.25) is 0 Å². The fourth-order valence-corrected chi connectivity index (χ4v) is 2.88. The van der Waals surface area contributed by atoms with Crippen molar-refractivity contribution in [3.8, 4) is 11.5 Å². The third-order valence-electron chi connectivity index (χ3n) is 4.25. The van der Waals surface area contributed by atoms with Gasteiger partial charge in [-0.1, -0.05) is 18.2 Å². The second kappa shape index (κ2) is 6.92. The molecule has 0 aliphatic carbocycles. The van der Waals surface area contributed by atoms with Crippen LogP contribution in [0.15, 0.2) is 42.5 Å². The second-order valence-corrected chi connectivity index (χ2v) is 6.10. The maximum Gasteiger partial charge on any atom is 0.161 e. The number of nitrogens with zero attached hydrogens (tertiary/aromatic N) is 1. The van der Waals surface area contributed by atoms with Crippen molar-refractivity contribution >= 4 is 5.69 Å². The number of nitrogens with two attached hydrogens (primary N) is 1. The molecule has 4 heteroatoms. The summed E-state index contributed by atoms with van der Waals surface area (Å²) in [5.74, 6) is 1.97. The van der Waals surface area contributed by atoms with E-state index < -0.39 is 0 Å². The lowest BCUT2D eigenvalue weighted by molar-refractivity contribution is 0.171. The minimum absolute atomic E-state index is 0.300. The van der Waals surface area contributed by atoms with Crippen LogP contribution in [0.3, 0.4) is 0 Å². The molecule has 0 bridgehead atoms. The molecule has 0 radical (unpaired) electrons. The molecule has 0 amide bonds. The molecular formula is C19H24N2O2. The number of anilines is 1. The summed E-state index contributed by atoms with van der Waals surface area (Å²) in [7, 11) is 4.09. The van der Waals surface area contributed by atoms with Gasteiger partial charge in [-0.05, 0) is 48.4 Å². The molecule has 1 aliphatic rings. The SMILES string of the molecule is CN(C)c1ccc(C(CN)Cc2ccc3c(c2)OCCO3)cc1. The van der Waals surface area contributed by atoms with Crippen LogP contribution < -0.4 is 20.1 Å². The van der Waals surface area contributed by atoms with Gasteiger partial charge in [-0.3, -0.25) is 0 Å². The van der Waals surface area contributed by atoms with E-state index in [9.17, 15) is 0 Å². The van der Waals surface area contributed by atoms with Crippen molar-refractivity contribution in [3.05, 3.63) is 53.6 Å². The Morgan fingerprint density at radius 2 is 1.70 bits per heavy atom. The van der Waals surface area contributed by atoms with Crippen LogP contribution in [0, 0.1) is 0 Å². The van der Waals surface area contributed by atoms with Crippen molar-refractivity contribution in [1.29, 1.82) is 0 Å². The van der Waals surface area contributed by atoms with Gasteiger partial charge < -0.3 is 20.1 Å². The highest BCUT2D eigenvalue weighted by Gasteiger charge is 2.15. The zero-order valence-electron chi connectivity index (χ0n) is 13.8. The van der Waals surface area contributed by atoms with E-state index in [4.69, 9.17) is 15.2 Å². The predicted molar refractivity (Wildman–Crippen MR) is 93.7 cm³/mol. The normalized spacial score (nSPS) is 14.4. The van der Waals surface area contributed by atoms with Crippen LogP contribution >= 0.6 is 0 Å². The molecular weight excluding hydrogens is 288 g/mol. The van der Waals surface area contributed by atoms with Gasteiger partial charge in [-0.15, -0.1) is 0 Å². The Bertz CT molecular complexity index is 653. The molecule has 4 nitrogen and oxygen atoms in total. The first-order chi connectivity index (χ1) is 11.2. The van der Waals surface area contributed by atoms with Crippen LogP contribution in [0.25, 0.3) is 0 Å². The molecule has 23 heavy (non-hydrogen) atoms. The maximum absolute atomic E-state index is 6.02. The van der Waals surface area contributed by atoms with E-state index in [0.717, 1.165) is 17.9 Å². The lowest BCUT2D eigenvalue weighted by Crippen LogP contribution is -2.17. The first-order valence-corrected chi connectivity index (χ1v) is 8.03. The molecule has 2 N–H and O–H groups in total. The predicted octanol–water partition coefficient (Wildman–Crippen LogP) is 2.81. The zero-order chi connectivity index (χ0) is 16.2. The first-order valence-electron chi connectivity index (χ1n) is 8.03. The first kappa shape index (κ1) is 15.7. The van der Waals surface area contributed by atoms with Gasteiger partial charge in [0.1, 0.15) is 13.2 Å². The van der Waals surface area contributed by atoms with Crippen molar-refractivity contribution in [2.45, 2.75) is 12.3 Å². The van der Waals surface area contributed by atoms with Gasteiger partial charge >= 0.3 is 0 Å². The van der Waals surface area contributed by atoms with Gasteiger partial charge in [0.25, 0.3) is 0 Å². The summed E-state index contributed by atoms with van der Waals surface area (Å²) in [6, 6.07) is 14.8. The fourth-order valence-electron chi connectivity index (χ4n) is 2.88. The standard InChI is InChI=1S/C19H24N2O2/c1-21(2)17-6-4-15(5-7-17)16(13-20)11-14-3-8-18-19(12-14)23-10-9-22-18/h3-8,12,16H,9-11,13,20H2,1-2H3. The molecule has 0 aromatic heterocycles. The quantitative estimate of drug-likeness (QED) is 0.922. The lowest BCUT2D eigenvalue weighted by atomic mass is 9.91. The van der Waals surface area contributed by atoms with E-state index >= 15 is 0 Å². The van der Waals surface area contributed by atoms with E-state index in [1.807, 2.05) is 20.2 Å². The Kier molecular flexibility index (Phi) is 4.72. The Morgan fingerprint density at radius 1 is 1.00 bits per heavy atom. The topological polar surface area (TPSA) is 47.7 Å². The van der Waals surface area contributed by atoms with Gasteiger partial charge in [-0.2, -0.15) is 0 Å². The molecule has 2 aromatic carbocycles. The molecule has 0 spiro atoms. The molecule has 0 saturated heterocycles. The molecule has 3 rings (SSSR count). The monoisotopic (exact) mass is 312 g/mol. The summed E-state index contributed by atoms with van der Waals surface area (Å²) < 4.78 is 11.2. The number of rotatable bonds is 5. The summed E-state index contributed by atoms with van der Waals surface area (Å²) in [6.45, 7) is 1.86. The van der Waals surface area contributed by atoms with Crippen LogP contribution in [0.2, 0.25) is 0 Å². The van der Waals surface area contributed by atoms with Gasteiger partial charge in [0, 0.05) is 25.7 Å². The number of benzene rings is 2. The molecule has 0 saturated carbocycles. The third kappa shape index (κ3) is 3.59. The van der Waals surface area contributed by atoms with Crippen molar-refractivity contribution in [1.82, 2.24) is 0 Å². The summed E-state index contributed by atoms with van der Waals surface area (Å²) >= 11 is 0. The Balaban J connectivity index is 1.76. The molecule has 1 heterocycles. The van der Waals surface area contributed by atoms with Gasteiger partial charge in [0.15, 0.2) is 11.5 Å². The summed E-state index contributed by atoms with van der Waals surface area (Å²) in [5, 5.41) is 0. The van der Waals surface area contributed by atoms with Crippen LogP contribution in [0.5, 0.6) is 11.5 Å². The molecule has 1 atom stereocenters. The average molecular weight is 312 g/mol. The van der Waals surface area contributed by atoms with Crippen molar-refractivity contribution in [3.63, 3.8) is 0 Å². The highest BCUT2D eigenvalue weighted by Crippen LogP contribution is 2.32. The second-order valence-electron chi connectivity index (χ2n) is 6.10. The van der Waals surface area contributed by atoms with E-state index in [1.54, 1.807) is 0 Å². The third-order valence-corrected chi connectivity index (χ3v) is 4.25. The zero-order valence-corrected chi connectivity index (χ0v) is 13.8. The Labute approximate surface area is 137 Å². The molecule has 2 aromatic rings. The summed E-state index contributed by atoms with van der Waals surface area (Å²) in [5.41, 5.74) is 9.71. The Hall–Kier alpha value is -2.20. The van der Waals surface area contributed by atoms with Gasteiger partial charge in [0.05, 0.1) is 0 Å². The Morgan fingerprint density at radius 3 is 2.35 bits per heavy atom. The molecule has 1 unspecified atom stereocenters. The molecule has 1 aliphatic heterocycles. The van der Waals surface area contributed by atoms with Crippen molar-refractivity contribution in [2.24, 2.45) is 5.73 Å². The number of hydrogen-bond acceptors (Lipinski definition) is 4. The highest BCUT2D eigenvalue weighted by atomic mass is 16.6. The van der Waals surface area contributed by atoms with E-state index in [-0.39, 0.29) is 0 Å². The summed E-state index contributed by atoms with van der Waals surface area (Å²) in [6.07, 6.45) is 0.897. The lowest BCUT2D eigenvalue weighted by Gasteiger charge is -2.21. The minimum Gasteiger partial charge on any atom is -0.486 e. The van der Waals surface area contributed by atoms with Crippen LogP contribution in [-0.2, 0) is 6.42 Å². The average Bonchev–Trinajstić information content (AvgIpc) is 2.59. The van der Waals surface area contributed by atoms with E-state index in [2.05, 4.69) is 41.3 Å². The maximum atomic E-state index is 6.02. The van der Waals surface area contributed by atoms with Crippen molar-refractivity contribution < 1.29 is 9.47 Å². The smallest absolute Gasteiger partial charge is 0.161 e. The van der Waals surface area contributed by atoms with Crippen molar-refractivity contribution in [2.75, 3.05) is 38.8 Å². The van der Waals surface area contributed by atoms with E-state index in [1.165, 1.54) is 16.8 Å². The van der Waals surface area contributed by atoms with Crippen LogP contribution in [0.1, 0.15) is 17.0 Å². The van der Waals surface area contributed by atoms with E-state index in [0.29, 0.717) is 25.7 Å². The van der Waals surface area contributed by atoms with Crippen LogP contribution in [0.4, 0.5) is 5.69 Å². The fraction of sp³-hybridized carbons (Fsp3) is 0.368. The summed E-state index contributed by atoms with van der Waals surface area (Å²) in [4.78, 5) is 2.10. The highest BCUT2D eigenvalue weighted by molar-refractivity contribution is 5.47. The number of fused-ring (bicyclic) bond motifs is 1. The van der Waals surface area contributed by atoms with Gasteiger partial charge in [-0.25, -0.2) is 0 Å². The molecule has 122 valence electrons. The number of hydrogen-bond donors (Lipinski definition) is 1. The van der Waals surface area contributed by atoms with Crippen LogP contribution in [-0.4, -0.2) is 33.9 Å². The molecule has 0 fully saturated rings. The largest absolute Gasteiger partial charge is 0.486 e. The minimum atomic E-state index is 0.300.